The normalized spacial score (nSPS) is 13.0. The van der Waals surface area contributed by atoms with Gasteiger partial charge in [-0.3, -0.25) is 0 Å². The molecular formula is C10H12ClN3S. The zero-order valence-electron chi connectivity index (χ0n) is 8.62. The van der Waals surface area contributed by atoms with Crippen molar-refractivity contribution >= 4 is 39.7 Å². The van der Waals surface area contributed by atoms with E-state index < -0.39 is 0 Å². The van der Waals surface area contributed by atoms with Crippen LogP contribution in [0.2, 0.25) is 5.28 Å². The maximum absolute atomic E-state index is 5.85. The van der Waals surface area contributed by atoms with Gasteiger partial charge in [-0.05, 0) is 24.9 Å². The summed E-state index contributed by atoms with van der Waals surface area (Å²) in [5.74, 6) is 0.834. The van der Waals surface area contributed by atoms with Crippen molar-refractivity contribution in [2.45, 2.75) is 26.3 Å². The van der Waals surface area contributed by atoms with Crippen molar-refractivity contribution in [3.8, 4) is 0 Å². The average Bonchev–Trinajstić information content (AvgIpc) is 2.65. The summed E-state index contributed by atoms with van der Waals surface area (Å²) in [6, 6.07) is 0.388. The lowest BCUT2D eigenvalue weighted by atomic mass is 10.2. The van der Waals surface area contributed by atoms with Crippen LogP contribution < -0.4 is 5.32 Å². The highest BCUT2D eigenvalue weighted by molar-refractivity contribution is 7.09. The molecule has 0 aliphatic heterocycles. The van der Waals surface area contributed by atoms with Crippen LogP contribution in [0.4, 0.5) is 5.82 Å². The van der Waals surface area contributed by atoms with Gasteiger partial charge in [0.1, 0.15) is 5.82 Å². The summed E-state index contributed by atoms with van der Waals surface area (Å²) in [6.45, 7) is 4.25. The Bertz CT molecular complexity index is 469. The summed E-state index contributed by atoms with van der Waals surface area (Å²) in [5.41, 5.74) is 0.908. The standard InChI is InChI=1S/C10H12ClN3S/c1-3-6(2)12-9-7-4-15-5-8(7)13-10(11)14-9/h4-6H,3H2,1-2H3,(H,12,13,14). The maximum atomic E-state index is 5.85. The number of aromatic nitrogens is 2. The van der Waals surface area contributed by atoms with Crippen LogP contribution in [0, 0.1) is 0 Å². The van der Waals surface area contributed by atoms with Gasteiger partial charge in [0.15, 0.2) is 0 Å². The number of thiophene rings is 1. The average molecular weight is 242 g/mol. The molecule has 0 fully saturated rings. The van der Waals surface area contributed by atoms with Gasteiger partial charge in [0.25, 0.3) is 0 Å². The van der Waals surface area contributed by atoms with Crippen LogP contribution in [0.3, 0.4) is 0 Å². The number of rotatable bonds is 3. The molecule has 2 aromatic rings. The lowest BCUT2D eigenvalue weighted by Gasteiger charge is -2.12. The monoisotopic (exact) mass is 241 g/mol. The van der Waals surface area contributed by atoms with Gasteiger partial charge in [-0.2, -0.15) is 0 Å². The quantitative estimate of drug-likeness (QED) is 0.835. The highest BCUT2D eigenvalue weighted by Gasteiger charge is 2.08. The van der Waals surface area contributed by atoms with Crippen molar-refractivity contribution < 1.29 is 0 Å². The Morgan fingerprint density at radius 3 is 3.00 bits per heavy atom. The summed E-state index contributed by atoms with van der Waals surface area (Å²) in [6.07, 6.45) is 1.05. The molecular weight excluding hydrogens is 230 g/mol. The Morgan fingerprint density at radius 1 is 1.47 bits per heavy atom. The third kappa shape index (κ3) is 2.21. The van der Waals surface area contributed by atoms with Gasteiger partial charge >= 0.3 is 0 Å². The molecule has 1 unspecified atom stereocenters. The fourth-order valence-corrected chi connectivity index (χ4v) is 2.20. The smallest absolute Gasteiger partial charge is 0.224 e. The van der Waals surface area contributed by atoms with Crippen molar-refractivity contribution in [3.05, 3.63) is 16.0 Å². The maximum Gasteiger partial charge on any atom is 0.224 e. The Labute approximate surface area is 97.5 Å². The Morgan fingerprint density at radius 2 is 2.27 bits per heavy atom. The second-order valence-corrected chi connectivity index (χ2v) is 4.55. The molecule has 0 saturated carbocycles. The molecule has 1 atom stereocenters. The number of hydrogen-bond acceptors (Lipinski definition) is 4. The molecule has 5 heteroatoms. The molecule has 0 radical (unpaired) electrons. The van der Waals surface area contributed by atoms with Crippen LogP contribution in [-0.4, -0.2) is 16.0 Å². The first-order chi connectivity index (χ1) is 7.20. The zero-order valence-corrected chi connectivity index (χ0v) is 10.2. The van der Waals surface area contributed by atoms with Crippen LogP contribution in [0.15, 0.2) is 10.8 Å². The molecule has 0 spiro atoms. The molecule has 1 N–H and O–H groups in total. The van der Waals surface area contributed by atoms with E-state index in [0.717, 1.165) is 23.1 Å². The highest BCUT2D eigenvalue weighted by atomic mass is 35.5. The van der Waals surface area contributed by atoms with Gasteiger partial charge in [-0.25, -0.2) is 9.97 Å². The highest BCUT2D eigenvalue weighted by Crippen LogP contribution is 2.25. The lowest BCUT2D eigenvalue weighted by Crippen LogP contribution is -2.14. The first kappa shape index (κ1) is 10.6. The Hall–Kier alpha value is -0.870. The molecule has 2 heterocycles. The van der Waals surface area contributed by atoms with E-state index in [-0.39, 0.29) is 0 Å². The van der Waals surface area contributed by atoms with E-state index in [9.17, 15) is 0 Å². The minimum atomic E-state index is 0.298. The molecule has 0 saturated heterocycles. The number of fused-ring (bicyclic) bond motifs is 1. The molecule has 3 nitrogen and oxygen atoms in total. The Kier molecular flexibility index (Phi) is 3.07. The third-order valence-corrected chi connectivity index (χ3v) is 3.21. The largest absolute Gasteiger partial charge is 0.367 e. The van der Waals surface area contributed by atoms with E-state index in [1.807, 2.05) is 10.8 Å². The lowest BCUT2D eigenvalue weighted by molar-refractivity contribution is 0.760. The summed E-state index contributed by atoms with van der Waals surface area (Å²) < 4.78 is 0. The van der Waals surface area contributed by atoms with Crippen LogP contribution >= 0.6 is 22.9 Å². The zero-order chi connectivity index (χ0) is 10.8. The van der Waals surface area contributed by atoms with Gasteiger partial charge in [0, 0.05) is 16.8 Å². The van der Waals surface area contributed by atoms with E-state index in [0.29, 0.717) is 11.3 Å². The van der Waals surface area contributed by atoms with E-state index in [2.05, 4.69) is 29.1 Å². The van der Waals surface area contributed by atoms with Crippen LogP contribution in [0.25, 0.3) is 10.9 Å². The molecule has 0 aliphatic carbocycles. The molecule has 80 valence electrons. The molecule has 2 rings (SSSR count). The molecule has 0 aliphatic rings. The van der Waals surface area contributed by atoms with Crippen molar-refractivity contribution in [1.82, 2.24) is 9.97 Å². The van der Waals surface area contributed by atoms with E-state index in [4.69, 9.17) is 11.6 Å². The SMILES string of the molecule is CCC(C)Nc1nc(Cl)nc2cscc12. The second kappa shape index (κ2) is 4.33. The first-order valence-electron chi connectivity index (χ1n) is 4.86. The predicted molar refractivity (Wildman–Crippen MR) is 65.8 cm³/mol. The van der Waals surface area contributed by atoms with Crippen LogP contribution in [0.1, 0.15) is 20.3 Å². The molecule has 0 bridgehead atoms. The number of nitrogens with one attached hydrogen (secondary N) is 1. The van der Waals surface area contributed by atoms with Crippen LogP contribution in [-0.2, 0) is 0 Å². The summed E-state index contributed by atoms with van der Waals surface area (Å²) in [5, 5.41) is 8.69. The number of nitrogens with zero attached hydrogens (tertiary/aromatic N) is 2. The third-order valence-electron chi connectivity index (χ3n) is 2.31. The number of anilines is 1. The first-order valence-corrected chi connectivity index (χ1v) is 6.18. The summed E-state index contributed by atoms with van der Waals surface area (Å²) in [4.78, 5) is 8.37. The second-order valence-electron chi connectivity index (χ2n) is 3.47. The number of hydrogen-bond donors (Lipinski definition) is 1. The van der Waals surface area contributed by atoms with Gasteiger partial charge in [0.05, 0.1) is 10.9 Å². The molecule has 15 heavy (non-hydrogen) atoms. The summed E-state index contributed by atoms with van der Waals surface area (Å²) in [7, 11) is 0. The molecule has 2 aromatic heterocycles. The summed E-state index contributed by atoms with van der Waals surface area (Å²) >= 11 is 7.46. The van der Waals surface area contributed by atoms with Gasteiger partial charge in [0.2, 0.25) is 5.28 Å². The van der Waals surface area contributed by atoms with E-state index >= 15 is 0 Å². The molecule has 0 aromatic carbocycles. The fraction of sp³-hybridized carbons (Fsp3) is 0.400. The number of halogens is 1. The predicted octanol–water partition coefficient (Wildman–Crippen LogP) is 3.56. The van der Waals surface area contributed by atoms with Gasteiger partial charge in [-0.15, -0.1) is 11.3 Å². The Balaban J connectivity index is 2.44. The van der Waals surface area contributed by atoms with E-state index in [1.54, 1.807) is 11.3 Å². The van der Waals surface area contributed by atoms with Crippen molar-refractivity contribution in [2.75, 3.05) is 5.32 Å². The topological polar surface area (TPSA) is 37.8 Å². The molecule has 0 amide bonds. The minimum absolute atomic E-state index is 0.298. The van der Waals surface area contributed by atoms with Crippen LogP contribution in [0.5, 0.6) is 0 Å². The van der Waals surface area contributed by atoms with E-state index in [1.165, 1.54) is 0 Å². The van der Waals surface area contributed by atoms with Gasteiger partial charge in [-0.1, -0.05) is 6.92 Å². The van der Waals surface area contributed by atoms with Crippen molar-refractivity contribution in [1.29, 1.82) is 0 Å². The van der Waals surface area contributed by atoms with Crippen molar-refractivity contribution in [3.63, 3.8) is 0 Å². The fourth-order valence-electron chi connectivity index (χ4n) is 1.28. The van der Waals surface area contributed by atoms with Crippen molar-refractivity contribution in [2.24, 2.45) is 0 Å². The minimum Gasteiger partial charge on any atom is -0.367 e. The van der Waals surface area contributed by atoms with Gasteiger partial charge < -0.3 is 5.32 Å².